The highest BCUT2D eigenvalue weighted by atomic mass is 16.7. The van der Waals surface area contributed by atoms with Gasteiger partial charge >= 0.3 is 0 Å². The molecule has 0 spiro atoms. The van der Waals surface area contributed by atoms with E-state index in [1.54, 1.807) is 0 Å². The molecule has 15 N–H and O–H groups in total. The molecule has 55 heavy (non-hydrogen) atoms. The SMILES string of the molecule is CC(=O)[C@H](CCCCN)NNC(=O)CCCC(=O)NCCO[C@H]1O[C@H](CO[C@H]2O[C@H](CO)[C@@H](O)[C@H](O)[C@@H]2O)[C@@H](O)[C@H](O[C@H]2O[C@H](CO)[C@@H](O)[C@H](O)[C@@H]2O)[C@H]1O. The minimum absolute atomic E-state index is 0.0167. The number of aliphatic hydroxyl groups excluding tert-OH is 10. The van der Waals surface area contributed by atoms with E-state index in [2.05, 4.69) is 16.2 Å². The molecule has 0 saturated carbocycles. The van der Waals surface area contributed by atoms with E-state index in [0.717, 1.165) is 6.42 Å². The third kappa shape index (κ3) is 13.5. The smallest absolute Gasteiger partial charge is 0.234 e. The van der Waals surface area contributed by atoms with Crippen molar-refractivity contribution in [2.75, 3.05) is 39.5 Å². The van der Waals surface area contributed by atoms with E-state index < -0.39 is 130 Å². The van der Waals surface area contributed by atoms with Crippen molar-refractivity contribution >= 4 is 17.6 Å². The second-order valence-corrected chi connectivity index (χ2v) is 13.6. The number of aliphatic hydroxyl groups is 10. The van der Waals surface area contributed by atoms with Gasteiger partial charge in [0.2, 0.25) is 11.8 Å². The first-order chi connectivity index (χ1) is 26.1. The molecule has 0 bridgehead atoms. The molecule has 23 heteroatoms. The van der Waals surface area contributed by atoms with Gasteiger partial charge in [0.25, 0.3) is 0 Å². The van der Waals surface area contributed by atoms with E-state index in [0.29, 0.717) is 19.4 Å². The molecule has 3 heterocycles. The number of hydrogen-bond donors (Lipinski definition) is 14. The third-order valence-corrected chi connectivity index (χ3v) is 9.39. The summed E-state index contributed by atoms with van der Waals surface area (Å²) in [4.78, 5) is 36.4. The Labute approximate surface area is 316 Å². The number of Topliss-reactive ketones (excluding diaryl/α,β-unsaturated/α-hetero) is 1. The van der Waals surface area contributed by atoms with Crippen LogP contribution in [0.1, 0.15) is 45.4 Å². The maximum absolute atomic E-state index is 12.4. The summed E-state index contributed by atoms with van der Waals surface area (Å²) in [5.74, 6) is -1.00. The van der Waals surface area contributed by atoms with E-state index in [1.807, 2.05) is 0 Å². The summed E-state index contributed by atoms with van der Waals surface area (Å²) in [5, 5.41) is 105. The Morgan fingerprint density at radius 2 is 1.24 bits per heavy atom. The topological polar surface area (TPSA) is 371 Å². The summed E-state index contributed by atoms with van der Waals surface area (Å²) < 4.78 is 33.1. The number of nitrogens with two attached hydrogens (primary N) is 1. The first-order valence-corrected chi connectivity index (χ1v) is 18.2. The van der Waals surface area contributed by atoms with Gasteiger partial charge in [-0.1, -0.05) is 6.42 Å². The standard InChI is InChI=1S/C32H58N4O19/c1-14(39)15(5-2-3-8-33)35-36-20(41)7-4-6-19(40)34-9-10-50-31-28(49)29(55-32-27(48)25(46)22(43)17(12-38)53-32)23(44)18(54-31)13-51-30-26(47)24(45)21(42)16(11-37)52-30/h15-18,21-32,35,37-38,42-49H,2-13,33H2,1H3,(H,34,40)(H,36,41)/t15-,16+,17+,18+,21+,22+,23+,24-,25-,26-,27-,28+,29-,30-,31-,32+/m0/s1. The molecule has 23 nitrogen and oxygen atoms in total. The molecule has 3 aliphatic rings. The highest BCUT2D eigenvalue weighted by Gasteiger charge is 2.52. The average molecular weight is 803 g/mol. The Balaban J connectivity index is 1.56. The number of carbonyl (C=O) groups is 3. The summed E-state index contributed by atoms with van der Waals surface area (Å²) in [6, 6.07) is -0.562. The number of hydrazine groups is 1. The highest BCUT2D eigenvalue weighted by Crippen LogP contribution is 2.31. The first-order valence-electron chi connectivity index (χ1n) is 18.2. The lowest BCUT2D eigenvalue weighted by atomic mass is 9.96. The van der Waals surface area contributed by atoms with Crippen molar-refractivity contribution in [3.05, 3.63) is 0 Å². The van der Waals surface area contributed by atoms with Crippen molar-refractivity contribution in [3.63, 3.8) is 0 Å². The van der Waals surface area contributed by atoms with Gasteiger partial charge in [0.05, 0.1) is 32.5 Å². The van der Waals surface area contributed by atoms with Gasteiger partial charge < -0.3 is 90.5 Å². The summed E-state index contributed by atoms with van der Waals surface area (Å²) in [6.45, 7) is -0.683. The summed E-state index contributed by atoms with van der Waals surface area (Å²) in [5.41, 5.74) is 10.6. The second-order valence-electron chi connectivity index (χ2n) is 13.6. The molecule has 0 radical (unpaired) electrons. The quantitative estimate of drug-likeness (QED) is 0.0357. The lowest BCUT2D eigenvalue weighted by Gasteiger charge is -2.46. The van der Waals surface area contributed by atoms with Crippen molar-refractivity contribution in [1.29, 1.82) is 0 Å². The number of nitrogens with one attached hydrogen (secondary N) is 3. The molecule has 0 aromatic rings. The van der Waals surface area contributed by atoms with Gasteiger partial charge in [0, 0.05) is 19.4 Å². The van der Waals surface area contributed by atoms with Gasteiger partial charge in [-0.2, -0.15) is 0 Å². The molecule has 0 aliphatic carbocycles. The van der Waals surface area contributed by atoms with E-state index >= 15 is 0 Å². The van der Waals surface area contributed by atoms with Crippen molar-refractivity contribution in [1.82, 2.24) is 16.2 Å². The van der Waals surface area contributed by atoms with E-state index in [9.17, 15) is 65.4 Å². The zero-order valence-corrected chi connectivity index (χ0v) is 30.4. The molecule has 0 aromatic carbocycles. The fraction of sp³-hybridized carbons (Fsp3) is 0.906. The lowest BCUT2D eigenvalue weighted by molar-refractivity contribution is -0.366. The summed E-state index contributed by atoms with van der Waals surface area (Å²) in [6.07, 6.45) is -23.3. The highest BCUT2D eigenvalue weighted by molar-refractivity contribution is 5.82. The summed E-state index contributed by atoms with van der Waals surface area (Å²) in [7, 11) is 0. The van der Waals surface area contributed by atoms with Gasteiger partial charge in [0.1, 0.15) is 79.0 Å². The minimum atomic E-state index is -1.91. The molecular formula is C32H58N4O19. The van der Waals surface area contributed by atoms with Gasteiger partial charge in [0.15, 0.2) is 18.9 Å². The Morgan fingerprint density at radius 1 is 0.673 bits per heavy atom. The molecule has 0 aromatic heterocycles. The van der Waals surface area contributed by atoms with Crippen LogP contribution < -0.4 is 21.9 Å². The fourth-order valence-corrected chi connectivity index (χ4v) is 6.03. The third-order valence-electron chi connectivity index (χ3n) is 9.39. The van der Waals surface area contributed by atoms with Crippen molar-refractivity contribution < 1.29 is 93.9 Å². The lowest BCUT2D eigenvalue weighted by Crippen LogP contribution is -2.65. The maximum Gasteiger partial charge on any atom is 0.234 e. The zero-order chi connectivity index (χ0) is 40.8. The number of carbonyl (C=O) groups excluding carboxylic acids is 3. The van der Waals surface area contributed by atoms with Crippen LogP contribution in [0.4, 0.5) is 0 Å². The minimum Gasteiger partial charge on any atom is -0.394 e. The van der Waals surface area contributed by atoms with Crippen molar-refractivity contribution in [2.24, 2.45) is 5.73 Å². The molecule has 3 fully saturated rings. The van der Waals surface area contributed by atoms with Crippen LogP contribution in [-0.2, 0) is 42.8 Å². The van der Waals surface area contributed by atoms with E-state index in [4.69, 9.17) is 34.2 Å². The van der Waals surface area contributed by atoms with Crippen LogP contribution in [0.3, 0.4) is 0 Å². The Morgan fingerprint density at radius 3 is 1.84 bits per heavy atom. The van der Waals surface area contributed by atoms with E-state index in [1.165, 1.54) is 6.92 Å². The monoisotopic (exact) mass is 802 g/mol. The Bertz CT molecular complexity index is 1170. The van der Waals surface area contributed by atoms with Crippen molar-refractivity contribution in [3.8, 4) is 0 Å². The number of ketones is 1. The van der Waals surface area contributed by atoms with Gasteiger partial charge in [-0.3, -0.25) is 19.8 Å². The number of rotatable bonds is 22. The van der Waals surface area contributed by atoms with Crippen LogP contribution >= 0.6 is 0 Å². The number of amides is 2. The molecule has 16 atom stereocenters. The normalized spacial score (nSPS) is 37.3. The van der Waals surface area contributed by atoms with Gasteiger partial charge in [-0.05, 0) is 32.7 Å². The van der Waals surface area contributed by atoms with Crippen LogP contribution in [0, 0.1) is 0 Å². The predicted molar refractivity (Wildman–Crippen MR) is 180 cm³/mol. The van der Waals surface area contributed by atoms with Crippen molar-refractivity contribution in [2.45, 2.75) is 144 Å². The van der Waals surface area contributed by atoms with Gasteiger partial charge in [-0.15, -0.1) is 0 Å². The Kier molecular flexibility index (Phi) is 20.1. The van der Waals surface area contributed by atoms with Crippen LogP contribution in [-0.4, -0.2) is 206 Å². The fourth-order valence-electron chi connectivity index (χ4n) is 6.03. The van der Waals surface area contributed by atoms with Crippen LogP contribution in [0.5, 0.6) is 0 Å². The number of ether oxygens (including phenoxy) is 6. The molecule has 320 valence electrons. The molecule has 3 aliphatic heterocycles. The summed E-state index contributed by atoms with van der Waals surface area (Å²) >= 11 is 0. The molecule has 3 rings (SSSR count). The van der Waals surface area contributed by atoms with Crippen LogP contribution in [0.2, 0.25) is 0 Å². The first kappa shape index (κ1) is 47.3. The number of unbranched alkanes of at least 4 members (excludes halogenated alkanes) is 1. The maximum atomic E-state index is 12.4. The zero-order valence-electron chi connectivity index (χ0n) is 30.4. The Hall–Kier alpha value is -2.11. The van der Waals surface area contributed by atoms with Crippen LogP contribution in [0.15, 0.2) is 0 Å². The second kappa shape index (κ2) is 23.3. The molecule has 3 saturated heterocycles. The predicted octanol–water partition coefficient (Wildman–Crippen LogP) is -7.55. The molecule has 0 unspecified atom stereocenters. The van der Waals surface area contributed by atoms with Gasteiger partial charge in [-0.25, -0.2) is 5.43 Å². The molecular weight excluding hydrogens is 744 g/mol. The molecule has 2 amide bonds. The number of hydrogen-bond acceptors (Lipinski definition) is 21. The van der Waals surface area contributed by atoms with Crippen LogP contribution in [0.25, 0.3) is 0 Å². The van der Waals surface area contributed by atoms with E-state index in [-0.39, 0.29) is 38.2 Å². The average Bonchev–Trinajstić information content (AvgIpc) is 3.16. The largest absolute Gasteiger partial charge is 0.394 e.